The van der Waals surface area contributed by atoms with Crippen molar-refractivity contribution in [1.29, 1.82) is 0 Å². The largest absolute Gasteiger partial charge is 0.394 e. The standard InChI is InChI=1S/C8H16O6/c1-2-14-4-6(11)8(13)7(12)5(10)3-9/h5,7-10,12-13H,2-4H2,1H3/t5-,7-,8-/m1/s1. The second-order valence-corrected chi connectivity index (χ2v) is 2.79. The number of carbonyl (C=O) groups is 1. The molecule has 84 valence electrons. The van der Waals surface area contributed by atoms with Gasteiger partial charge in [0.25, 0.3) is 0 Å². The van der Waals surface area contributed by atoms with E-state index < -0.39 is 30.7 Å². The van der Waals surface area contributed by atoms with Crippen LogP contribution in [0, 0.1) is 0 Å². The average Bonchev–Trinajstić information content (AvgIpc) is 2.22. The lowest BCUT2D eigenvalue weighted by Gasteiger charge is -2.20. The summed E-state index contributed by atoms with van der Waals surface area (Å²) in [4.78, 5) is 11.0. The molecule has 0 aromatic rings. The van der Waals surface area contributed by atoms with Gasteiger partial charge in [-0.25, -0.2) is 0 Å². The molecule has 0 aliphatic rings. The Kier molecular flexibility index (Phi) is 6.60. The van der Waals surface area contributed by atoms with Gasteiger partial charge < -0.3 is 25.2 Å². The van der Waals surface area contributed by atoms with E-state index in [2.05, 4.69) is 0 Å². The van der Waals surface area contributed by atoms with Gasteiger partial charge in [0.1, 0.15) is 24.9 Å². The molecule has 0 bridgehead atoms. The lowest BCUT2D eigenvalue weighted by Crippen LogP contribution is -2.45. The van der Waals surface area contributed by atoms with Crippen molar-refractivity contribution in [3.8, 4) is 0 Å². The smallest absolute Gasteiger partial charge is 0.189 e. The zero-order valence-corrected chi connectivity index (χ0v) is 7.96. The molecular formula is C8H16O6. The van der Waals surface area contributed by atoms with E-state index in [0.717, 1.165) is 0 Å². The van der Waals surface area contributed by atoms with Crippen molar-refractivity contribution in [3.63, 3.8) is 0 Å². The van der Waals surface area contributed by atoms with Crippen LogP contribution in [-0.4, -0.2) is 64.3 Å². The highest BCUT2D eigenvalue weighted by molar-refractivity contribution is 5.84. The third-order valence-electron chi connectivity index (χ3n) is 1.68. The summed E-state index contributed by atoms with van der Waals surface area (Å²) in [7, 11) is 0. The molecule has 0 heterocycles. The van der Waals surface area contributed by atoms with Gasteiger partial charge in [-0.15, -0.1) is 0 Å². The number of hydrogen-bond acceptors (Lipinski definition) is 6. The fourth-order valence-corrected chi connectivity index (χ4v) is 0.797. The van der Waals surface area contributed by atoms with Crippen LogP contribution < -0.4 is 0 Å². The minimum absolute atomic E-state index is 0.317. The van der Waals surface area contributed by atoms with Crippen LogP contribution in [0.25, 0.3) is 0 Å². The minimum Gasteiger partial charge on any atom is -0.394 e. The molecule has 0 saturated heterocycles. The summed E-state index contributed by atoms with van der Waals surface area (Å²) in [6, 6.07) is 0. The molecule has 0 unspecified atom stereocenters. The Morgan fingerprint density at radius 2 is 1.93 bits per heavy atom. The van der Waals surface area contributed by atoms with Crippen molar-refractivity contribution in [3.05, 3.63) is 0 Å². The fraction of sp³-hybridized carbons (Fsp3) is 0.875. The first kappa shape index (κ1) is 13.5. The summed E-state index contributed by atoms with van der Waals surface area (Å²) in [5.41, 5.74) is 0. The van der Waals surface area contributed by atoms with E-state index in [0.29, 0.717) is 6.61 Å². The predicted octanol–water partition coefficient (Wildman–Crippen LogP) is -2.33. The Hall–Kier alpha value is -0.530. The number of aliphatic hydroxyl groups is 4. The van der Waals surface area contributed by atoms with Gasteiger partial charge >= 0.3 is 0 Å². The highest BCUT2D eigenvalue weighted by Gasteiger charge is 2.29. The second-order valence-electron chi connectivity index (χ2n) is 2.79. The third-order valence-corrected chi connectivity index (χ3v) is 1.68. The summed E-state index contributed by atoms with van der Waals surface area (Å²) < 4.78 is 4.72. The van der Waals surface area contributed by atoms with Crippen molar-refractivity contribution < 1.29 is 30.0 Å². The molecule has 3 atom stereocenters. The van der Waals surface area contributed by atoms with Gasteiger partial charge in [-0.05, 0) is 6.92 Å². The third kappa shape index (κ3) is 4.12. The monoisotopic (exact) mass is 208 g/mol. The Morgan fingerprint density at radius 3 is 2.36 bits per heavy atom. The Balaban J connectivity index is 4.03. The molecular weight excluding hydrogens is 192 g/mol. The van der Waals surface area contributed by atoms with E-state index in [1.165, 1.54) is 0 Å². The molecule has 6 nitrogen and oxygen atoms in total. The maximum atomic E-state index is 11.0. The first-order valence-corrected chi connectivity index (χ1v) is 4.30. The number of ketones is 1. The van der Waals surface area contributed by atoms with Crippen LogP contribution in [0.2, 0.25) is 0 Å². The van der Waals surface area contributed by atoms with Crippen molar-refractivity contribution >= 4 is 5.78 Å². The zero-order chi connectivity index (χ0) is 11.1. The van der Waals surface area contributed by atoms with Crippen LogP contribution in [0.15, 0.2) is 0 Å². The molecule has 4 N–H and O–H groups in total. The molecule has 0 radical (unpaired) electrons. The van der Waals surface area contributed by atoms with E-state index in [-0.39, 0.29) is 6.61 Å². The molecule has 0 aromatic heterocycles. The molecule has 6 heteroatoms. The second kappa shape index (κ2) is 6.86. The lowest BCUT2D eigenvalue weighted by molar-refractivity contribution is -0.144. The summed E-state index contributed by atoms with van der Waals surface area (Å²) in [5.74, 6) is -0.730. The Bertz CT molecular complexity index is 171. The molecule has 0 amide bonds. The van der Waals surface area contributed by atoms with Crippen molar-refractivity contribution in [1.82, 2.24) is 0 Å². The Labute approximate surface area is 81.7 Å². The van der Waals surface area contributed by atoms with Gasteiger partial charge in [-0.1, -0.05) is 0 Å². The SMILES string of the molecule is CCOCC(=O)[C@@H](O)[C@H](O)[C@H](O)CO. The number of carbonyl (C=O) groups excluding carboxylic acids is 1. The number of aliphatic hydroxyl groups excluding tert-OH is 4. The molecule has 0 fully saturated rings. The predicted molar refractivity (Wildman–Crippen MR) is 46.6 cm³/mol. The minimum atomic E-state index is -1.73. The van der Waals surface area contributed by atoms with Gasteiger partial charge in [0, 0.05) is 6.61 Å². The summed E-state index contributed by atoms with van der Waals surface area (Å²) >= 11 is 0. The number of Topliss-reactive ketones (excluding diaryl/α,β-unsaturated/α-hetero) is 1. The molecule has 0 aliphatic heterocycles. The van der Waals surface area contributed by atoms with E-state index in [4.69, 9.17) is 25.2 Å². The topological polar surface area (TPSA) is 107 Å². The highest BCUT2D eigenvalue weighted by Crippen LogP contribution is 2.01. The van der Waals surface area contributed by atoms with Crippen molar-refractivity contribution in [2.75, 3.05) is 19.8 Å². The van der Waals surface area contributed by atoms with Crippen LogP contribution in [-0.2, 0) is 9.53 Å². The van der Waals surface area contributed by atoms with Gasteiger partial charge in [0.2, 0.25) is 0 Å². The van der Waals surface area contributed by atoms with Gasteiger partial charge in [-0.3, -0.25) is 4.79 Å². The first-order chi connectivity index (χ1) is 6.54. The maximum absolute atomic E-state index is 11.0. The average molecular weight is 208 g/mol. The van der Waals surface area contributed by atoms with E-state index in [1.807, 2.05) is 0 Å². The zero-order valence-electron chi connectivity index (χ0n) is 7.96. The quantitative estimate of drug-likeness (QED) is 0.374. The summed E-state index contributed by atoms with van der Waals surface area (Å²) in [6.45, 7) is 0.947. The number of ether oxygens (including phenoxy) is 1. The number of hydrogen-bond donors (Lipinski definition) is 4. The van der Waals surface area contributed by atoms with Crippen LogP contribution in [0.3, 0.4) is 0 Å². The molecule has 0 saturated carbocycles. The lowest BCUT2D eigenvalue weighted by atomic mass is 10.1. The molecule has 0 spiro atoms. The molecule has 0 rings (SSSR count). The van der Waals surface area contributed by atoms with Crippen LogP contribution in [0.1, 0.15) is 6.92 Å². The van der Waals surface area contributed by atoms with Crippen LogP contribution in [0.5, 0.6) is 0 Å². The normalized spacial score (nSPS) is 17.5. The van der Waals surface area contributed by atoms with Gasteiger partial charge in [0.15, 0.2) is 5.78 Å². The van der Waals surface area contributed by atoms with E-state index in [9.17, 15) is 4.79 Å². The first-order valence-electron chi connectivity index (χ1n) is 4.30. The van der Waals surface area contributed by atoms with Crippen LogP contribution in [0.4, 0.5) is 0 Å². The highest BCUT2D eigenvalue weighted by atomic mass is 16.5. The molecule has 14 heavy (non-hydrogen) atoms. The Morgan fingerprint density at radius 1 is 1.36 bits per heavy atom. The van der Waals surface area contributed by atoms with Gasteiger partial charge in [-0.2, -0.15) is 0 Å². The molecule has 0 aromatic carbocycles. The van der Waals surface area contributed by atoms with Gasteiger partial charge in [0.05, 0.1) is 6.61 Å². The summed E-state index contributed by atoms with van der Waals surface area (Å²) in [5, 5.41) is 35.6. The van der Waals surface area contributed by atoms with E-state index >= 15 is 0 Å². The molecule has 0 aliphatic carbocycles. The fourth-order valence-electron chi connectivity index (χ4n) is 0.797. The number of rotatable bonds is 7. The van der Waals surface area contributed by atoms with Crippen molar-refractivity contribution in [2.24, 2.45) is 0 Å². The summed E-state index contributed by atoms with van der Waals surface area (Å²) in [6.07, 6.45) is -4.95. The van der Waals surface area contributed by atoms with Crippen LogP contribution >= 0.6 is 0 Å². The van der Waals surface area contributed by atoms with Crippen molar-refractivity contribution in [2.45, 2.75) is 25.2 Å². The maximum Gasteiger partial charge on any atom is 0.189 e. The van der Waals surface area contributed by atoms with E-state index in [1.54, 1.807) is 6.92 Å².